The summed E-state index contributed by atoms with van der Waals surface area (Å²) in [5.74, 6) is 0.925. The summed E-state index contributed by atoms with van der Waals surface area (Å²) >= 11 is 0. The van der Waals surface area contributed by atoms with Crippen LogP contribution in [-0.4, -0.2) is 25.5 Å². The minimum absolute atomic E-state index is 0.104. The second kappa shape index (κ2) is 6.71. The molecule has 0 bridgehead atoms. The Balaban J connectivity index is 1.66. The Bertz CT molecular complexity index is 418. The summed E-state index contributed by atoms with van der Waals surface area (Å²) < 4.78 is 0. The van der Waals surface area contributed by atoms with Gasteiger partial charge in [-0.3, -0.25) is 4.79 Å². The van der Waals surface area contributed by atoms with Crippen LogP contribution >= 0.6 is 0 Å². The fourth-order valence-corrected chi connectivity index (χ4v) is 2.34. The van der Waals surface area contributed by atoms with Crippen molar-refractivity contribution in [2.24, 2.45) is 5.92 Å². The lowest BCUT2D eigenvalue weighted by molar-refractivity contribution is -0.120. The highest BCUT2D eigenvalue weighted by molar-refractivity contribution is 5.77. The molecule has 3 nitrogen and oxygen atoms in total. The molecule has 2 N–H and O–H groups in total. The van der Waals surface area contributed by atoms with E-state index in [9.17, 15) is 4.79 Å². The van der Waals surface area contributed by atoms with E-state index < -0.39 is 0 Å². The van der Waals surface area contributed by atoms with Gasteiger partial charge in [-0.1, -0.05) is 18.2 Å². The summed E-state index contributed by atoms with van der Waals surface area (Å²) in [7, 11) is 0. The summed E-state index contributed by atoms with van der Waals surface area (Å²) in [4.78, 5) is 11.6. The molecule has 1 amide bonds. The maximum atomic E-state index is 11.6. The zero-order valence-electron chi connectivity index (χ0n) is 12.0. The Labute approximate surface area is 115 Å². The lowest BCUT2D eigenvalue weighted by Crippen LogP contribution is -2.35. The van der Waals surface area contributed by atoms with Gasteiger partial charge in [-0.05, 0) is 62.3 Å². The molecule has 0 heterocycles. The van der Waals surface area contributed by atoms with Crippen molar-refractivity contribution < 1.29 is 4.79 Å². The second-order valence-electron chi connectivity index (χ2n) is 5.54. The van der Waals surface area contributed by atoms with Crippen molar-refractivity contribution in [1.82, 2.24) is 10.6 Å². The van der Waals surface area contributed by atoms with Crippen LogP contribution in [0.5, 0.6) is 0 Å². The first-order valence-electron chi connectivity index (χ1n) is 7.19. The van der Waals surface area contributed by atoms with Gasteiger partial charge in [0.25, 0.3) is 0 Å². The maximum absolute atomic E-state index is 11.6. The van der Waals surface area contributed by atoms with Crippen LogP contribution in [-0.2, 0) is 11.2 Å². The number of hydrogen-bond donors (Lipinski definition) is 2. The molecule has 1 saturated carbocycles. The third-order valence-electron chi connectivity index (χ3n) is 3.76. The van der Waals surface area contributed by atoms with Gasteiger partial charge in [0.2, 0.25) is 5.91 Å². The summed E-state index contributed by atoms with van der Waals surface area (Å²) in [6.07, 6.45) is 3.55. The number of amides is 1. The molecule has 1 aliphatic carbocycles. The minimum atomic E-state index is 0.104. The molecule has 0 atom stereocenters. The van der Waals surface area contributed by atoms with Crippen molar-refractivity contribution in [3.8, 4) is 0 Å². The SMILES string of the molecule is Cc1cccc(C)c1CCNC(=O)CNCC1CC1. The number of aryl methyl sites for hydroxylation is 2. The molecular weight excluding hydrogens is 236 g/mol. The fourth-order valence-electron chi connectivity index (χ4n) is 2.34. The van der Waals surface area contributed by atoms with E-state index in [0.717, 1.165) is 25.4 Å². The van der Waals surface area contributed by atoms with Crippen molar-refractivity contribution in [2.75, 3.05) is 19.6 Å². The number of rotatable bonds is 7. The van der Waals surface area contributed by atoms with Crippen molar-refractivity contribution in [2.45, 2.75) is 33.1 Å². The van der Waals surface area contributed by atoms with Crippen LogP contribution in [0.3, 0.4) is 0 Å². The molecule has 1 fully saturated rings. The Morgan fingerprint density at radius 2 is 1.95 bits per heavy atom. The highest BCUT2D eigenvalue weighted by Gasteiger charge is 2.20. The van der Waals surface area contributed by atoms with Crippen LogP contribution < -0.4 is 10.6 Å². The molecule has 0 saturated heterocycles. The van der Waals surface area contributed by atoms with Crippen LogP contribution in [0, 0.1) is 19.8 Å². The molecule has 0 aromatic heterocycles. The molecule has 2 rings (SSSR count). The van der Waals surface area contributed by atoms with E-state index in [1.165, 1.54) is 29.5 Å². The molecule has 1 aromatic rings. The fraction of sp³-hybridized carbons (Fsp3) is 0.562. The Morgan fingerprint density at radius 1 is 1.26 bits per heavy atom. The average molecular weight is 260 g/mol. The van der Waals surface area contributed by atoms with Gasteiger partial charge in [-0.25, -0.2) is 0 Å². The Kier molecular flexibility index (Phi) is 4.97. The molecule has 19 heavy (non-hydrogen) atoms. The molecule has 1 aliphatic rings. The first-order chi connectivity index (χ1) is 9.16. The van der Waals surface area contributed by atoms with Crippen molar-refractivity contribution in [3.63, 3.8) is 0 Å². The maximum Gasteiger partial charge on any atom is 0.233 e. The highest BCUT2D eigenvalue weighted by atomic mass is 16.1. The zero-order valence-corrected chi connectivity index (χ0v) is 12.0. The molecule has 0 radical (unpaired) electrons. The molecule has 1 aromatic carbocycles. The van der Waals surface area contributed by atoms with Gasteiger partial charge in [-0.2, -0.15) is 0 Å². The van der Waals surface area contributed by atoms with Gasteiger partial charge in [0, 0.05) is 6.54 Å². The largest absolute Gasteiger partial charge is 0.355 e. The van der Waals surface area contributed by atoms with E-state index in [-0.39, 0.29) is 5.91 Å². The monoisotopic (exact) mass is 260 g/mol. The van der Waals surface area contributed by atoms with E-state index in [1.807, 2.05) is 0 Å². The summed E-state index contributed by atoms with van der Waals surface area (Å²) in [6, 6.07) is 6.33. The van der Waals surface area contributed by atoms with E-state index in [0.29, 0.717) is 6.54 Å². The first kappa shape index (κ1) is 14.1. The van der Waals surface area contributed by atoms with Crippen LogP contribution in [0.4, 0.5) is 0 Å². The van der Waals surface area contributed by atoms with Gasteiger partial charge in [0.15, 0.2) is 0 Å². The lowest BCUT2D eigenvalue weighted by atomic mass is 10.0. The first-order valence-corrected chi connectivity index (χ1v) is 7.19. The normalized spacial score (nSPS) is 14.4. The second-order valence-corrected chi connectivity index (χ2v) is 5.54. The standard InChI is InChI=1S/C16H24N2O/c1-12-4-3-5-13(2)15(12)8-9-18-16(19)11-17-10-14-6-7-14/h3-5,14,17H,6-11H2,1-2H3,(H,18,19). The van der Waals surface area contributed by atoms with E-state index in [4.69, 9.17) is 0 Å². The Morgan fingerprint density at radius 3 is 2.58 bits per heavy atom. The molecule has 0 aliphatic heterocycles. The van der Waals surface area contributed by atoms with Crippen LogP contribution in [0.15, 0.2) is 18.2 Å². The van der Waals surface area contributed by atoms with Gasteiger partial charge in [-0.15, -0.1) is 0 Å². The third-order valence-corrected chi connectivity index (χ3v) is 3.76. The zero-order chi connectivity index (χ0) is 13.7. The lowest BCUT2D eigenvalue weighted by Gasteiger charge is -2.10. The predicted octanol–water partition coefficient (Wildman–Crippen LogP) is 1.96. The van der Waals surface area contributed by atoms with Gasteiger partial charge in [0.05, 0.1) is 6.54 Å². The van der Waals surface area contributed by atoms with Crippen LogP contribution in [0.25, 0.3) is 0 Å². The van der Waals surface area contributed by atoms with Gasteiger partial charge >= 0.3 is 0 Å². The van der Waals surface area contributed by atoms with Crippen molar-refractivity contribution in [1.29, 1.82) is 0 Å². The number of carbonyl (C=O) groups is 1. The summed E-state index contributed by atoms with van der Waals surface area (Å²) in [5.41, 5.74) is 3.97. The van der Waals surface area contributed by atoms with Gasteiger partial charge < -0.3 is 10.6 Å². The van der Waals surface area contributed by atoms with Crippen LogP contribution in [0.1, 0.15) is 29.5 Å². The summed E-state index contributed by atoms with van der Waals surface area (Å²) in [6.45, 7) is 6.41. The van der Waals surface area contributed by atoms with Crippen LogP contribution in [0.2, 0.25) is 0 Å². The predicted molar refractivity (Wildman–Crippen MR) is 78.2 cm³/mol. The molecule has 0 spiro atoms. The minimum Gasteiger partial charge on any atom is -0.355 e. The highest BCUT2D eigenvalue weighted by Crippen LogP contribution is 2.27. The topological polar surface area (TPSA) is 41.1 Å². The summed E-state index contributed by atoms with van der Waals surface area (Å²) in [5, 5.41) is 6.18. The molecule has 0 unspecified atom stereocenters. The van der Waals surface area contributed by atoms with E-state index in [1.54, 1.807) is 0 Å². The van der Waals surface area contributed by atoms with Crippen molar-refractivity contribution >= 4 is 5.91 Å². The van der Waals surface area contributed by atoms with E-state index >= 15 is 0 Å². The molecule has 104 valence electrons. The quantitative estimate of drug-likeness (QED) is 0.787. The molecule has 3 heteroatoms. The van der Waals surface area contributed by atoms with E-state index in [2.05, 4.69) is 42.7 Å². The van der Waals surface area contributed by atoms with Crippen molar-refractivity contribution in [3.05, 3.63) is 34.9 Å². The average Bonchev–Trinajstić information content (AvgIpc) is 3.17. The number of hydrogen-bond acceptors (Lipinski definition) is 2. The Hall–Kier alpha value is -1.35. The van der Waals surface area contributed by atoms with Gasteiger partial charge in [0.1, 0.15) is 0 Å². The smallest absolute Gasteiger partial charge is 0.233 e. The number of benzene rings is 1. The molecular formula is C16H24N2O. The number of nitrogens with one attached hydrogen (secondary N) is 2. The third kappa shape index (κ3) is 4.67. The number of carbonyl (C=O) groups excluding carboxylic acids is 1.